The first-order valence-electron chi connectivity index (χ1n) is 5.06. The summed E-state index contributed by atoms with van der Waals surface area (Å²) in [5, 5.41) is 3.21. The molecule has 0 aliphatic rings. The number of hydrogen-bond acceptors (Lipinski definition) is 5. The number of anilines is 1. The molecular weight excluding hydrogens is 204 g/mol. The Morgan fingerprint density at radius 1 is 1.44 bits per heavy atom. The quantitative estimate of drug-likeness (QED) is 0.553. The van der Waals surface area contributed by atoms with Crippen LogP contribution >= 0.6 is 0 Å². The molecule has 0 fully saturated rings. The highest BCUT2D eigenvalue weighted by atomic mass is 15.1. The van der Waals surface area contributed by atoms with Crippen LogP contribution in [0.15, 0.2) is 25.3 Å². The van der Waals surface area contributed by atoms with E-state index in [1.807, 2.05) is 10.6 Å². The number of nitrogen functional groups attached to an aromatic ring is 1. The smallest absolute Gasteiger partial charge is 0.165 e. The van der Waals surface area contributed by atoms with Gasteiger partial charge in [0.25, 0.3) is 0 Å². The lowest BCUT2D eigenvalue weighted by molar-refractivity contribution is 0.634. The molecule has 6 nitrogen and oxygen atoms in total. The first-order chi connectivity index (χ1) is 7.83. The Kier molecular flexibility index (Phi) is 3.11. The lowest BCUT2D eigenvalue weighted by atomic mass is 10.5. The molecule has 0 saturated carbocycles. The summed E-state index contributed by atoms with van der Waals surface area (Å²) in [6.45, 7) is 6.06. The predicted octanol–water partition coefficient (Wildman–Crippen LogP) is 0.184. The van der Waals surface area contributed by atoms with Crippen LogP contribution in [0, 0.1) is 0 Å². The summed E-state index contributed by atoms with van der Waals surface area (Å²) in [7, 11) is 0. The van der Waals surface area contributed by atoms with E-state index in [0.29, 0.717) is 11.3 Å². The van der Waals surface area contributed by atoms with Crippen LogP contribution in [0.2, 0.25) is 0 Å². The molecule has 2 heterocycles. The minimum atomic E-state index is 0.419. The fourth-order valence-electron chi connectivity index (χ4n) is 1.47. The zero-order valence-electron chi connectivity index (χ0n) is 8.93. The number of rotatable bonds is 5. The SMILES string of the molecule is C=CCNCCn1cnc2c(N)ncnc21. The topological polar surface area (TPSA) is 81.7 Å². The Hall–Kier alpha value is -1.95. The number of aromatic nitrogens is 4. The molecule has 2 aromatic rings. The van der Waals surface area contributed by atoms with Crippen molar-refractivity contribution in [3.8, 4) is 0 Å². The second kappa shape index (κ2) is 4.71. The van der Waals surface area contributed by atoms with Crippen LogP contribution in [0.4, 0.5) is 5.82 Å². The van der Waals surface area contributed by atoms with Crippen molar-refractivity contribution in [2.45, 2.75) is 6.54 Å². The van der Waals surface area contributed by atoms with E-state index in [4.69, 9.17) is 5.73 Å². The zero-order valence-corrected chi connectivity index (χ0v) is 8.93. The number of nitrogens with one attached hydrogen (secondary N) is 1. The van der Waals surface area contributed by atoms with Crippen LogP contribution in [0.25, 0.3) is 11.2 Å². The van der Waals surface area contributed by atoms with Crippen LogP contribution in [0.1, 0.15) is 0 Å². The average Bonchev–Trinajstić information content (AvgIpc) is 2.70. The molecule has 0 radical (unpaired) electrons. The van der Waals surface area contributed by atoms with Gasteiger partial charge in [0.1, 0.15) is 11.8 Å². The van der Waals surface area contributed by atoms with Crippen molar-refractivity contribution in [1.82, 2.24) is 24.8 Å². The van der Waals surface area contributed by atoms with Crippen LogP contribution in [0.5, 0.6) is 0 Å². The fourth-order valence-corrected chi connectivity index (χ4v) is 1.47. The highest BCUT2D eigenvalue weighted by Gasteiger charge is 2.06. The van der Waals surface area contributed by atoms with Gasteiger partial charge in [-0.3, -0.25) is 0 Å². The molecule has 0 unspecified atom stereocenters. The summed E-state index contributed by atoms with van der Waals surface area (Å²) < 4.78 is 1.95. The van der Waals surface area contributed by atoms with Crippen LogP contribution in [-0.2, 0) is 6.54 Å². The van der Waals surface area contributed by atoms with Crippen molar-refractivity contribution in [2.24, 2.45) is 0 Å². The number of fused-ring (bicyclic) bond motifs is 1. The molecule has 2 rings (SSSR count). The van der Waals surface area contributed by atoms with Gasteiger partial charge in [0.2, 0.25) is 0 Å². The van der Waals surface area contributed by atoms with Crippen molar-refractivity contribution in [1.29, 1.82) is 0 Å². The van der Waals surface area contributed by atoms with E-state index in [1.165, 1.54) is 6.33 Å². The van der Waals surface area contributed by atoms with Gasteiger partial charge in [0.05, 0.1) is 6.33 Å². The summed E-state index contributed by atoms with van der Waals surface area (Å²) >= 11 is 0. The summed E-state index contributed by atoms with van der Waals surface area (Å²) in [6.07, 6.45) is 5.00. The molecule has 0 saturated heterocycles. The molecule has 84 valence electrons. The Bertz CT molecular complexity index is 489. The van der Waals surface area contributed by atoms with Crippen LogP contribution in [0.3, 0.4) is 0 Å². The van der Waals surface area contributed by atoms with Gasteiger partial charge >= 0.3 is 0 Å². The van der Waals surface area contributed by atoms with E-state index in [9.17, 15) is 0 Å². The van der Waals surface area contributed by atoms with E-state index in [0.717, 1.165) is 25.3 Å². The molecule has 2 aromatic heterocycles. The number of imidazole rings is 1. The summed E-state index contributed by atoms with van der Waals surface area (Å²) in [6, 6.07) is 0. The van der Waals surface area contributed by atoms with Crippen molar-refractivity contribution in [3.05, 3.63) is 25.3 Å². The lowest BCUT2D eigenvalue weighted by Gasteiger charge is -2.03. The average molecular weight is 218 g/mol. The molecule has 0 aromatic carbocycles. The second-order valence-corrected chi connectivity index (χ2v) is 3.36. The van der Waals surface area contributed by atoms with Crippen LogP contribution in [-0.4, -0.2) is 32.6 Å². The van der Waals surface area contributed by atoms with Crippen molar-refractivity contribution in [3.63, 3.8) is 0 Å². The van der Waals surface area contributed by atoms with Gasteiger partial charge in [-0.05, 0) is 0 Å². The maximum absolute atomic E-state index is 5.69. The molecule has 0 aliphatic carbocycles. The standard InChI is InChI=1S/C10H14N6/c1-2-3-12-4-5-16-7-15-8-9(11)13-6-14-10(8)16/h2,6-7,12H,1,3-5H2,(H2,11,13,14). The first-order valence-corrected chi connectivity index (χ1v) is 5.06. The van der Waals surface area contributed by atoms with Gasteiger partial charge < -0.3 is 15.6 Å². The van der Waals surface area contributed by atoms with Crippen molar-refractivity contribution < 1.29 is 0 Å². The Morgan fingerprint density at radius 3 is 3.12 bits per heavy atom. The van der Waals surface area contributed by atoms with Gasteiger partial charge in [-0.2, -0.15) is 0 Å². The third-order valence-electron chi connectivity index (χ3n) is 2.25. The first kappa shape index (κ1) is 10.6. The summed E-state index contributed by atoms with van der Waals surface area (Å²) in [5.74, 6) is 0.419. The summed E-state index contributed by atoms with van der Waals surface area (Å²) in [4.78, 5) is 12.2. The van der Waals surface area contributed by atoms with E-state index in [2.05, 4.69) is 26.8 Å². The van der Waals surface area contributed by atoms with Crippen molar-refractivity contribution in [2.75, 3.05) is 18.8 Å². The van der Waals surface area contributed by atoms with Gasteiger partial charge in [0, 0.05) is 19.6 Å². The van der Waals surface area contributed by atoms with Crippen molar-refractivity contribution >= 4 is 17.0 Å². The van der Waals surface area contributed by atoms with Gasteiger partial charge in [0.15, 0.2) is 11.5 Å². The Balaban J connectivity index is 2.13. The third kappa shape index (κ3) is 2.01. The largest absolute Gasteiger partial charge is 0.382 e. The number of hydrogen-bond donors (Lipinski definition) is 2. The van der Waals surface area contributed by atoms with Gasteiger partial charge in [-0.25, -0.2) is 15.0 Å². The molecule has 0 bridgehead atoms. The molecule has 0 amide bonds. The second-order valence-electron chi connectivity index (χ2n) is 3.36. The minimum Gasteiger partial charge on any atom is -0.382 e. The normalized spacial score (nSPS) is 10.8. The van der Waals surface area contributed by atoms with Crippen LogP contribution < -0.4 is 11.1 Å². The maximum Gasteiger partial charge on any atom is 0.165 e. The highest BCUT2D eigenvalue weighted by Crippen LogP contribution is 2.13. The molecule has 6 heteroatoms. The fraction of sp³-hybridized carbons (Fsp3) is 0.300. The van der Waals surface area contributed by atoms with Gasteiger partial charge in [-0.15, -0.1) is 6.58 Å². The monoisotopic (exact) mass is 218 g/mol. The molecule has 16 heavy (non-hydrogen) atoms. The molecule has 0 spiro atoms. The molecule has 0 atom stereocenters. The predicted molar refractivity (Wildman–Crippen MR) is 62.8 cm³/mol. The third-order valence-corrected chi connectivity index (χ3v) is 2.25. The molecule has 3 N–H and O–H groups in total. The zero-order chi connectivity index (χ0) is 11.4. The summed E-state index contributed by atoms with van der Waals surface area (Å²) in [5.41, 5.74) is 7.12. The lowest BCUT2D eigenvalue weighted by Crippen LogP contribution is -2.19. The van der Waals surface area contributed by atoms with E-state index in [-0.39, 0.29) is 0 Å². The Morgan fingerprint density at radius 2 is 2.31 bits per heavy atom. The minimum absolute atomic E-state index is 0.419. The van der Waals surface area contributed by atoms with E-state index in [1.54, 1.807) is 6.33 Å². The Labute approximate surface area is 93.2 Å². The molecule has 0 aliphatic heterocycles. The number of nitrogens with two attached hydrogens (primary N) is 1. The maximum atomic E-state index is 5.69. The van der Waals surface area contributed by atoms with E-state index >= 15 is 0 Å². The van der Waals surface area contributed by atoms with Gasteiger partial charge in [-0.1, -0.05) is 6.08 Å². The number of nitrogens with zero attached hydrogens (tertiary/aromatic N) is 4. The molecular formula is C10H14N6. The van der Waals surface area contributed by atoms with E-state index < -0.39 is 0 Å². The highest BCUT2D eigenvalue weighted by molar-refractivity contribution is 5.80.